The third-order valence-electron chi connectivity index (χ3n) is 0.544. The maximum absolute atomic E-state index is 5.24. The van der Waals surface area contributed by atoms with Crippen LogP contribution in [0.25, 0.3) is 0 Å². The topological polar surface area (TPSA) is 50.7 Å². The van der Waals surface area contributed by atoms with Crippen LogP contribution in [-0.2, 0) is 0 Å². The average molecular weight is 83.1 g/mol. The third kappa shape index (κ3) is 0.440. The highest BCUT2D eigenvalue weighted by molar-refractivity contribution is 5.90. The molecule has 3 heteroatoms. The van der Waals surface area contributed by atoms with Gasteiger partial charge in [0.25, 0.3) is 0 Å². The molecule has 0 spiro atoms. The second-order valence-corrected chi connectivity index (χ2v) is 1.11. The molecule has 1 heterocycles. The molecule has 1 rings (SSSR count). The molecule has 0 saturated heterocycles. The largest absolute Gasteiger partial charge is 0.319 e. The van der Waals surface area contributed by atoms with E-state index >= 15 is 0 Å². The van der Waals surface area contributed by atoms with Gasteiger partial charge in [0.2, 0.25) is 0 Å². The molecule has 0 atom stereocenters. The van der Waals surface area contributed by atoms with E-state index in [1.165, 1.54) is 0 Å². The molecule has 0 saturated carbocycles. The lowest BCUT2D eigenvalue weighted by atomic mass is 10.4. The Morgan fingerprint density at radius 2 is 1.83 bits per heavy atom. The first-order valence-electron chi connectivity index (χ1n) is 1.72. The molecule has 0 amide bonds. The highest BCUT2D eigenvalue weighted by Gasteiger charge is 1.93. The van der Waals surface area contributed by atoms with Crippen molar-refractivity contribution < 1.29 is 0 Å². The molecular formula is C3H5N3. The fourth-order valence-electron chi connectivity index (χ4n) is 0.269. The highest BCUT2D eigenvalue weighted by atomic mass is 15.2. The normalized spacial score (nSPS) is 20.2. The first-order valence-corrected chi connectivity index (χ1v) is 1.72. The Balaban J connectivity index is 2.60. The molecule has 1 aliphatic heterocycles. The SMILES string of the molecule is NC1C=NN=C1. The lowest BCUT2D eigenvalue weighted by Gasteiger charge is -1.80. The second kappa shape index (κ2) is 1.18. The Kier molecular flexibility index (Phi) is 0.686. The van der Waals surface area contributed by atoms with Crippen LogP contribution < -0.4 is 5.73 Å². The van der Waals surface area contributed by atoms with Crippen molar-refractivity contribution in [2.45, 2.75) is 6.04 Å². The molecule has 0 aliphatic carbocycles. The summed E-state index contributed by atoms with van der Waals surface area (Å²) in [6, 6.07) is -0.0370. The zero-order valence-corrected chi connectivity index (χ0v) is 3.20. The molecule has 1 aliphatic rings. The summed E-state index contributed by atoms with van der Waals surface area (Å²) < 4.78 is 0. The quantitative estimate of drug-likeness (QED) is 0.417. The summed E-state index contributed by atoms with van der Waals surface area (Å²) in [5.74, 6) is 0. The zero-order chi connectivity index (χ0) is 4.41. The van der Waals surface area contributed by atoms with Crippen LogP contribution in [0, 0.1) is 0 Å². The van der Waals surface area contributed by atoms with Gasteiger partial charge in [0.15, 0.2) is 0 Å². The molecule has 0 aromatic carbocycles. The van der Waals surface area contributed by atoms with E-state index in [4.69, 9.17) is 5.73 Å². The number of nitrogens with two attached hydrogens (primary N) is 1. The van der Waals surface area contributed by atoms with E-state index in [0.29, 0.717) is 0 Å². The number of rotatable bonds is 0. The lowest BCUT2D eigenvalue weighted by Crippen LogP contribution is -2.19. The molecule has 2 N–H and O–H groups in total. The summed E-state index contributed by atoms with van der Waals surface area (Å²) >= 11 is 0. The molecule has 0 fully saturated rings. The Hall–Kier alpha value is -0.700. The van der Waals surface area contributed by atoms with E-state index in [9.17, 15) is 0 Å². The Morgan fingerprint density at radius 1 is 1.33 bits per heavy atom. The van der Waals surface area contributed by atoms with E-state index in [2.05, 4.69) is 10.2 Å². The maximum atomic E-state index is 5.24. The van der Waals surface area contributed by atoms with Crippen LogP contribution in [-0.4, -0.2) is 18.5 Å². The van der Waals surface area contributed by atoms with Crippen LogP contribution in [0.4, 0.5) is 0 Å². The van der Waals surface area contributed by atoms with E-state index in [1.807, 2.05) is 0 Å². The number of hydrogen-bond acceptors (Lipinski definition) is 3. The summed E-state index contributed by atoms with van der Waals surface area (Å²) in [5.41, 5.74) is 5.24. The Bertz CT molecular complexity index is 82.2. The summed E-state index contributed by atoms with van der Waals surface area (Å²) in [4.78, 5) is 0. The summed E-state index contributed by atoms with van der Waals surface area (Å²) in [7, 11) is 0. The molecule has 0 aromatic heterocycles. The first kappa shape index (κ1) is 3.49. The molecule has 32 valence electrons. The van der Waals surface area contributed by atoms with E-state index < -0.39 is 0 Å². The maximum Gasteiger partial charge on any atom is 0.0796 e. The van der Waals surface area contributed by atoms with Crippen molar-refractivity contribution in [3.05, 3.63) is 0 Å². The van der Waals surface area contributed by atoms with Gasteiger partial charge < -0.3 is 5.73 Å². The Labute approximate surface area is 35.6 Å². The molecule has 0 bridgehead atoms. The van der Waals surface area contributed by atoms with Gasteiger partial charge in [0.1, 0.15) is 0 Å². The van der Waals surface area contributed by atoms with Crippen LogP contribution in [0.1, 0.15) is 0 Å². The highest BCUT2D eigenvalue weighted by Crippen LogP contribution is 1.79. The van der Waals surface area contributed by atoms with Crippen LogP contribution >= 0.6 is 0 Å². The van der Waals surface area contributed by atoms with Gasteiger partial charge in [0, 0.05) is 12.4 Å². The molecule has 0 radical (unpaired) electrons. The average Bonchev–Trinajstić information content (AvgIpc) is 1.86. The van der Waals surface area contributed by atoms with Crippen LogP contribution in [0.3, 0.4) is 0 Å². The van der Waals surface area contributed by atoms with Gasteiger partial charge in [-0.3, -0.25) is 0 Å². The van der Waals surface area contributed by atoms with Gasteiger partial charge in [0.05, 0.1) is 6.04 Å². The van der Waals surface area contributed by atoms with Crippen LogP contribution in [0.15, 0.2) is 10.2 Å². The summed E-state index contributed by atoms with van der Waals surface area (Å²) in [6.07, 6.45) is 3.17. The van der Waals surface area contributed by atoms with Gasteiger partial charge >= 0.3 is 0 Å². The van der Waals surface area contributed by atoms with Crippen molar-refractivity contribution in [2.75, 3.05) is 0 Å². The van der Waals surface area contributed by atoms with Crippen LogP contribution in [0.5, 0.6) is 0 Å². The van der Waals surface area contributed by atoms with Gasteiger partial charge in [-0.15, -0.1) is 0 Å². The van der Waals surface area contributed by atoms with Crippen molar-refractivity contribution in [3.8, 4) is 0 Å². The number of hydrogen-bond donors (Lipinski definition) is 1. The molecule has 0 unspecified atom stereocenters. The molecule has 0 aromatic rings. The summed E-state index contributed by atoms with van der Waals surface area (Å²) in [6.45, 7) is 0. The standard InChI is InChI=1S/C3H5N3/c4-3-1-5-6-2-3/h1-3H,4H2. The third-order valence-corrected chi connectivity index (χ3v) is 0.544. The van der Waals surface area contributed by atoms with Gasteiger partial charge in [-0.05, 0) is 0 Å². The van der Waals surface area contributed by atoms with Gasteiger partial charge in [-0.1, -0.05) is 0 Å². The molecule has 3 nitrogen and oxygen atoms in total. The predicted molar refractivity (Wildman–Crippen MR) is 25.0 cm³/mol. The predicted octanol–water partition coefficient (Wildman–Crippen LogP) is -0.616. The monoisotopic (exact) mass is 83.0 g/mol. The lowest BCUT2D eigenvalue weighted by molar-refractivity contribution is 1.22. The molecule has 6 heavy (non-hydrogen) atoms. The van der Waals surface area contributed by atoms with Crippen molar-refractivity contribution in [1.29, 1.82) is 0 Å². The van der Waals surface area contributed by atoms with E-state index in [1.54, 1.807) is 12.4 Å². The minimum absolute atomic E-state index is 0.0370. The second-order valence-electron chi connectivity index (χ2n) is 1.11. The zero-order valence-electron chi connectivity index (χ0n) is 3.20. The number of nitrogens with zero attached hydrogens (tertiary/aromatic N) is 2. The fourth-order valence-corrected chi connectivity index (χ4v) is 0.269. The van der Waals surface area contributed by atoms with Crippen molar-refractivity contribution >= 4 is 12.4 Å². The van der Waals surface area contributed by atoms with Crippen molar-refractivity contribution in [1.82, 2.24) is 0 Å². The van der Waals surface area contributed by atoms with Crippen LogP contribution in [0.2, 0.25) is 0 Å². The Morgan fingerprint density at radius 3 is 2.00 bits per heavy atom. The first-order chi connectivity index (χ1) is 2.89. The fraction of sp³-hybridized carbons (Fsp3) is 0.333. The van der Waals surface area contributed by atoms with Crippen molar-refractivity contribution in [2.24, 2.45) is 15.9 Å². The van der Waals surface area contributed by atoms with E-state index in [0.717, 1.165) is 0 Å². The van der Waals surface area contributed by atoms with Crippen molar-refractivity contribution in [3.63, 3.8) is 0 Å². The minimum atomic E-state index is -0.0370. The minimum Gasteiger partial charge on any atom is -0.319 e. The summed E-state index contributed by atoms with van der Waals surface area (Å²) in [5, 5.41) is 6.97. The van der Waals surface area contributed by atoms with Gasteiger partial charge in [-0.2, -0.15) is 10.2 Å². The van der Waals surface area contributed by atoms with E-state index in [-0.39, 0.29) is 6.04 Å². The smallest absolute Gasteiger partial charge is 0.0796 e. The molecular weight excluding hydrogens is 78.1 g/mol. The van der Waals surface area contributed by atoms with Gasteiger partial charge in [-0.25, -0.2) is 0 Å².